The van der Waals surface area contributed by atoms with Crippen molar-refractivity contribution >= 4 is 16.8 Å². The molecule has 1 rings (SSSR count). The summed E-state index contributed by atoms with van der Waals surface area (Å²) in [5, 5.41) is 1.28. The molecule has 1 heterocycles. The van der Waals surface area contributed by atoms with E-state index in [1.54, 1.807) is 11.8 Å². The molecular weight excluding hydrogens is 144 g/mol. The van der Waals surface area contributed by atoms with Gasteiger partial charge in [0.05, 0.1) is 5.04 Å². The minimum atomic E-state index is 1.01. The van der Waals surface area contributed by atoms with Gasteiger partial charge in [-0.3, -0.25) is 9.89 Å². The molecule has 0 aliphatic carbocycles. The smallest absolute Gasteiger partial charge is 0.0813 e. The second kappa shape index (κ2) is 3.98. The summed E-state index contributed by atoms with van der Waals surface area (Å²) in [7, 11) is 2.15. The van der Waals surface area contributed by atoms with Crippen molar-refractivity contribution in [1.82, 2.24) is 4.90 Å². The average Bonchev–Trinajstić information content (AvgIpc) is 2.13. The normalized spacial score (nSPS) is 22.0. The molecule has 0 N–H and O–H groups in total. The Morgan fingerprint density at radius 3 is 3.10 bits per heavy atom. The van der Waals surface area contributed by atoms with Crippen molar-refractivity contribution < 1.29 is 0 Å². The van der Waals surface area contributed by atoms with E-state index < -0.39 is 0 Å². The summed E-state index contributed by atoms with van der Waals surface area (Å²) in [5.41, 5.74) is 0. The van der Waals surface area contributed by atoms with E-state index in [1.165, 1.54) is 18.0 Å². The molecule has 0 aromatic carbocycles. The Kier molecular flexibility index (Phi) is 3.22. The first-order valence-electron chi connectivity index (χ1n) is 3.59. The molecule has 0 fully saturated rings. The van der Waals surface area contributed by atoms with E-state index in [0.717, 1.165) is 13.1 Å². The van der Waals surface area contributed by atoms with Crippen LogP contribution in [0.25, 0.3) is 0 Å². The fourth-order valence-electron chi connectivity index (χ4n) is 1.03. The van der Waals surface area contributed by atoms with Crippen LogP contribution in [0.5, 0.6) is 0 Å². The Morgan fingerprint density at radius 2 is 2.40 bits per heavy atom. The van der Waals surface area contributed by atoms with Gasteiger partial charge in [0.15, 0.2) is 0 Å². The van der Waals surface area contributed by atoms with Crippen LogP contribution in [0.2, 0.25) is 0 Å². The first kappa shape index (κ1) is 8.08. The molecule has 1 aliphatic heterocycles. The SMILES string of the molecule is CSC1=NCCCN(C)C1. The van der Waals surface area contributed by atoms with Crippen molar-refractivity contribution in [3.8, 4) is 0 Å². The second-order valence-electron chi connectivity index (χ2n) is 2.57. The van der Waals surface area contributed by atoms with E-state index in [1.807, 2.05) is 0 Å². The Bertz CT molecular complexity index is 134. The van der Waals surface area contributed by atoms with Gasteiger partial charge < -0.3 is 0 Å². The maximum atomic E-state index is 4.43. The summed E-state index contributed by atoms with van der Waals surface area (Å²) in [6, 6.07) is 0. The molecule has 0 aromatic heterocycles. The first-order valence-corrected chi connectivity index (χ1v) is 4.81. The average molecular weight is 158 g/mol. The van der Waals surface area contributed by atoms with E-state index in [-0.39, 0.29) is 0 Å². The highest BCUT2D eigenvalue weighted by Gasteiger charge is 2.06. The van der Waals surface area contributed by atoms with Crippen LogP contribution in [-0.4, -0.2) is 42.9 Å². The quantitative estimate of drug-likeness (QED) is 0.524. The highest BCUT2D eigenvalue weighted by atomic mass is 32.2. The predicted octanol–water partition coefficient (Wildman–Crippen LogP) is 1.08. The van der Waals surface area contributed by atoms with E-state index in [0.29, 0.717) is 0 Å². The molecule has 0 saturated carbocycles. The minimum absolute atomic E-state index is 1.01. The van der Waals surface area contributed by atoms with E-state index in [4.69, 9.17) is 0 Å². The molecular formula is C7H14N2S. The summed E-state index contributed by atoms with van der Waals surface area (Å²) < 4.78 is 0. The van der Waals surface area contributed by atoms with Gasteiger partial charge in [0.1, 0.15) is 0 Å². The van der Waals surface area contributed by atoms with E-state index in [2.05, 4.69) is 23.2 Å². The lowest BCUT2D eigenvalue weighted by Crippen LogP contribution is -2.23. The fraction of sp³-hybridized carbons (Fsp3) is 0.857. The van der Waals surface area contributed by atoms with Gasteiger partial charge in [-0.15, -0.1) is 11.8 Å². The van der Waals surface area contributed by atoms with Crippen LogP contribution in [0.4, 0.5) is 0 Å². The Hall–Kier alpha value is -0.0200. The molecule has 0 bridgehead atoms. The fourth-order valence-corrected chi connectivity index (χ4v) is 1.60. The molecule has 0 spiro atoms. The lowest BCUT2D eigenvalue weighted by molar-refractivity contribution is 0.386. The zero-order chi connectivity index (χ0) is 7.40. The molecule has 2 nitrogen and oxygen atoms in total. The maximum Gasteiger partial charge on any atom is 0.0813 e. The molecule has 0 saturated heterocycles. The Morgan fingerprint density at radius 1 is 1.60 bits per heavy atom. The molecule has 10 heavy (non-hydrogen) atoms. The van der Waals surface area contributed by atoms with Crippen LogP contribution >= 0.6 is 11.8 Å². The maximum absolute atomic E-state index is 4.43. The highest BCUT2D eigenvalue weighted by Crippen LogP contribution is 2.04. The van der Waals surface area contributed by atoms with Crippen LogP contribution in [0.3, 0.4) is 0 Å². The van der Waals surface area contributed by atoms with Gasteiger partial charge in [0.2, 0.25) is 0 Å². The molecule has 0 radical (unpaired) electrons. The number of nitrogens with zero attached hydrogens (tertiary/aromatic N) is 2. The van der Waals surface area contributed by atoms with Gasteiger partial charge in [-0.2, -0.15) is 0 Å². The van der Waals surface area contributed by atoms with Crippen LogP contribution < -0.4 is 0 Å². The summed E-state index contributed by atoms with van der Waals surface area (Å²) >= 11 is 1.77. The van der Waals surface area contributed by atoms with E-state index >= 15 is 0 Å². The van der Waals surface area contributed by atoms with Gasteiger partial charge in [-0.05, 0) is 19.7 Å². The van der Waals surface area contributed by atoms with Crippen molar-refractivity contribution in [2.75, 3.05) is 32.9 Å². The summed E-state index contributed by atoms with van der Waals surface area (Å²) in [6.45, 7) is 3.25. The minimum Gasteiger partial charge on any atom is -0.300 e. The molecule has 0 amide bonds. The van der Waals surface area contributed by atoms with Crippen LogP contribution in [0, 0.1) is 0 Å². The van der Waals surface area contributed by atoms with Gasteiger partial charge in [-0.1, -0.05) is 0 Å². The molecule has 3 heteroatoms. The van der Waals surface area contributed by atoms with E-state index in [9.17, 15) is 0 Å². The third-order valence-corrected chi connectivity index (χ3v) is 2.36. The number of hydrogen-bond acceptors (Lipinski definition) is 3. The zero-order valence-corrected chi connectivity index (χ0v) is 7.45. The van der Waals surface area contributed by atoms with Crippen molar-refractivity contribution in [1.29, 1.82) is 0 Å². The third kappa shape index (κ3) is 2.31. The third-order valence-electron chi connectivity index (χ3n) is 1.63. The summed E-state index contributed by atoms with van der Waals surface area (Å²) in [4.78, 5) is 6.75. The molecule has 0 atom stereocenters. The van der Waals surface area contributed by atoms with Crippen LogP contribution in [0.15, 0.2) is 4.99 Å². The molecule has 0 aromatic rings. The van der Waals surface area contributed by atoms with Gasteiger partial charge in [0.25, 0.3) is 0 Å². The lowest BCUT2D eigenvalue weighted by atomic mass is 10.4. The van der Waals surface area contributed by atoms with Crippen molar-refractivity contribution in [3.05, 3.63) is 0 Å². The monoisotopic (exact) mass is 158 g/mol. The number of thioether (sulfide) groups is 1. The Balaban J connectivity index is 2.46. The summed E-state index contributed by atoms with van der Waals surface area (Å²) in [5.74, 6) is 0. The number of rotatable bonds is 0. The van der Waals surface area contributed by atoms with Gasteiger partial charge in [-0.25, -0.2) is 0 Å². The zero-order valence-electron chi connectivity index (χ0n) is 6.63. The first-order chi connectivity index (χ1) is 4.83. The van der Waals surface area contributed by atoms with Gasteiger partial charge in [0, 0.05) is 19.6 Å². The van der Waals surface area contributed by atoms with Gasteiger partial charge >= 0.3 is 0 Å². The van der Waals surface area contributed by atoms with Crippen molar-refractivity contribution in [3.63, 3.8) is 0 Å². The topological polar surface area (TPSA) is 15.6 Å². The second-order valence-corrected chi connectivity index (χ2v) is 3.45. The van der Waals surface area contributed by atoms with Crippen molar-refractivity contribution in [2.45, 2.75) is 6.42 Å². The Labute approximate surface area is 66.7 Å². The molecule has 1 aliphatic rings. The van der Waals surface area contributed by atoms with Crippen LogP contribution in [-0.2, 0) is 0 Å². The molecule has 58 valence electrons. The number of hydrogen-bond donors (Lipinski definition) is 0. The predicted molar refractivity (Wildman–Crippen MR) is 47.9 cm³/mol. The molecule has 0 unspecified atom stereocenters. The summed E-state index contributed by atoms with van der Waals surface area (Å²) in [6.07, 6.45) is 3.30. The van der Waals surface area contributed by atoms with Crippen molar-refractivity contribution in [2.24, 2.45) is 4.99 Å². The largest absolute Gasteiger partial charge is 0.300 e. The lowest BCUT2D eigenvalue weighted by Gasteiger charge is -2.12. The highest BCUT2D eigenvalue weighted by molar-refractivity contribution is 8.13. The van der Waals surface area contributed by atoms with Crippen LogP contribution in [0.1, 0.15) is 6.42 Å². The standard InChI is InChI=1S/C7H14N2S/c1-9-5-3-4-8-7(6-9)10-2/h3-6H2,1-2H3. The number of aliphatic imine (C=N–C) groups is 1.